The van der Waals surface area contributed by atoms with E-state index in [1.165, 1.54) is 7.05 Å². The van der Waals surface area contributed by atoms with Crippen LogP contribution in [0.25, 0.3) is 10.9 Å². The Bertz CT molecular complexity index is 558. The van der Waals surface area contributed by atoms with Gasteiger partial charge in [0.2, 0.25) is 0 Å². The second kappa shape index (κ2) is 3.69. The summed E-state index contributed by atoms with van der Waals surface area (Å²) in [4.78, 5) is 16.0. The number of amides is 1. The molecule has 1 amide bonds. The van der Waals surface area contributed by atoms with Gasteiger partial charge in [-0.3, -0.25) is 15.1 Å². The molecule has 82 valence electrons. The van der Waals surface area contributed by atoms with Crippen molar-refractivity contribution in [1.29, 1.82) is 5.41 Å². The smallest absolute Gasteiger partial charge is 0.260 e. The summed E-state index contributed by atoms with van der Waals surface area (Å²) in [5.41, 5.74) is 6.74. The van der Waals surface area contributed by atoms with Crippen molar-refractivity contribution >= 4 is 22.8 Å². The molecule has 1 aromatic carbocycles. The van der Waals surface area contributed by atoms with Crippen LogP contribution in [-0.4, -0.2) is 28.8 Å². The number of nitrogens with two attached hydrogens (primary N) is 1. The first kappa shape index (κ1) is 10.2. The topological polar surface area (TPSA) is 86.0 Å². The Hall–Kier alpha value is -2.30. The van der Waals surface area contributed by atoms with Gasteiger partial charge in [0.05, 0.1) is 0 Å². The fourth-order valence-electron chi connectivity index (χ4n) is 1.49. The van der Waals surface area contributed by atoms with Gasteiger partial charge in [-0.15, -0.1) is 0 Å². The van der Waals surface area contributed by atoms with Gasteiger partial charge in [-0.25, -0.2) is 0 Å². The molecule has 2 aromatic rings. The van der Waals surface area contributed by atoms with E-state index in [1.807, 2.05) is 18.3 Å². The first-order valence-electron chi connectivity index (χ1n) is 4.79. The third-order valence-corrected chi connectivity index (χ3v) is 2.47. The molecule has 16 heavy (non-hydrogen) atoms. The summed E-state index contributed by atoms with van der Waals surface area (Å²) in [6.45, 7) is 0. The number of aromatic nitrogens is 1. The number of nitrogens with zero attached hydrogens (tertiary/aromatic N) is 1. The van der Waals surface area contributed by atoms with Crippen molar-refractivity contribution in [3.8, 4) is 0 Å². The monoisotopic (exact) mass is 216 g/mol. The fourth-order valence-corrected chi connectivity index (χ4v) is 1.49. The molecule has 0 radical (unpaired) electrons. The summed E-state index contributed by atoms with van der Waals surface area (Å²) in [5.74, 6) is -0.547. The Labute approximate surface area is 92.4 Å². The van der Waals surface area contributed by atoms with E-state index in [2.05, 4.69) is 4.98 Å². The lowest BCUT2D eigenvalue weighted by atomic mass is 10.1. The second-order valence-electron chi connectivity index (χ2n) is 3.53. The van der Waals surface area contributed by atoms with E-state index in [9.17, 15) is 4.79 Å². The molecule has 1 heterocycles. The van der Waals surface area contributed by atoms with Crippen molar-refractivity contribution in [3.05, 3.63) is 36.0 Å². The first-order chi connectivity index (χ1) is 7.59. The third-order valence-electron chi connectivity index (χ3n) is 2.47. The van der Waals surface area contributed by atoms with Gasteiger partial charge in [-0.05, 0) is 24.3 Å². The molecule has 0 fully saturated rings. The molecular weight excluding hydrogens is 204 g/mol. The number of carbonyl (C=O) groups excluding carboxylic acids is 1. The zero-order valence-corrected chi connectivity index (χ0v) is 8.82. The molecule has 0 saturated carbocycles. The maximum atomic E-state index is 11.8. The number of rotatable bonds is 1. The molecule has 0 atom stereocenters. The zero-order valence-electron chi connectivity index (χ0n) is 8.82. The zero-order chi connectivity index (χ0) is 11.7. The Morgan fingerprint density at radius 3 is 2.88 bits per heavy atom. The number of H-pyrrole nitrogens is 1. The number of fused-ring (bicyclic) bond motifs is 1. The summed E-state index contributed by atoms with van der Waals surface area (Å²) in [7, 11) is 1.48. The molecule has 1 aromatic heterocycles. The van der Waals surface area contributed by atoms with Gasteiger partial charge in [0, 0.05) is 29.7 Å². The number of guanidine groups is 1. The van der Waals surface area contributed by atoms with Crippen LogP contribution in [0.1, 0.15) is 10.4 Å². The number of hydrogen-bond donors (Lipinski definition) is 3. The van der Waals surface area contributed by atoms with Gasteiger partial charge in [-0.1, -0.05) is 0 Å². The van der Waals surface area contributed by atoms with Gasteiger partial charge in [0.1, 0.15) is 0 Å². The van der Waals surface area contributed by atoms with E-state index < -0.39 is 0 Å². The van der Waals surface area contributed by atoms with Gasteiger partial charge < -0.3 is 10.7 Å². The maximum absolute atomic E-state index is 11.8. The molecule has 0 saturated heterocycles. The lowest BCUT2D eigenvalue weighted by Crippen LogP contribution is -2.37. The molecule has 4 N–H and O–H groups in total. The van der Waals surface area contributed by atoms with Crippen LogP contribution >= 0.6 is 0 Å². The number of nitrogens with one attached hydrogen (secondary N) is 2. The van der Waals surface area contributed by atoms with Crippen LogP contribution in [0.4, 0.5) is 0 Å². The summed E-state index contributed by atoms with van der Waals surface area (Å²) < 4.78 is 0. The molecule has 5 nitrogen and oxygen atoms in total. The minimum absolute atomic E-state index is 0.265. The molecule has 0 bridgehead atoms. The van der Waals surface area contributed by atoms with E-state index in [-0.39, 0.29) is 11.9 Å². The second-order valence-corrected chi connectivity index (χ2v) is 3.53. The van der Waals surface area contributed by atoms with E-state index in [0.717, 1.165) is 15.8 Å². The average Bonchev–Trinajstić information content (AvgIpc) is 2.73. The summed E-state index contributed by atoms with van der Waals surface area (Å²) in [6.07, 6.45) is 1.81. The highest BCUT2D eigenvalue weighted by Gasteiger charge is 2.13. The molecule has 5 heteroatoms. The van der Waals surface area contributed by atoms with Crippen molar-refractivity contribution in [2.75, 3.05) is 7.05 Å². The summed E-state index contributed by atoms with van der Waals surface area (Å²) >= 11 is 0. The molecule has 0 unspecified atom stereocenters. The van der Waals surface area contributed by atoms with Crippen molar-refractivity contribution in [2.24, 2.45) is 5.73 Å². The molecular formula is C11H12N4O. The quantitative estimate of drug-likeness (QED) is 0.493. The third kappa shape index (κ3) is 1.63. The van der Waals surface area contributed by atoms with Crippen LogP contribution < -0.4 is 5.73 Å². The highest BCUT2D eigenvalue weighted by molar-refractivity contribution is 6.05. The van der Waals surface area contributed by atoms with Crippen LogP contribution in [0, 0.1) is 5.41 Å². The lowest BCUT2D eigenvalue weighted by molar-refractivity contribution is 0.0869. The summed E-state index contributed by atoms with van der Waals surface area (Å²) in [5, 5.41) is 8.15. The van der Waals surface area contributed by atoms with Crippen molar-refractivity contribution in [2.45, 2.75) is 0 Å². The van der Waals surface area contributed by atoms with Gasteiger partial charge in [-0.2, -0.15) is 0 Å². The van der Waals surface area contributed by atoms with Gasteiger partial charge >= 0.3 is 0 Å². The SMILES string of the molecule is CN(C(=N)N)C(=O)c1ccc2[nH]ccc2c1. The minimum Gasteiger partial charge on any atom is -0.370 e. The predicted molar refractivity (Wildman–Crippen MR) is 62.3 cm³/mol. The van der Waals surface area contributed by atoms with E-state index in [1.54, 1.807) is 12.1 Å². The Morgan fingerprint density at radius 1 is 1.44 bits per heavy atom. The van der Waals surface area contributed by atoms with Crippen molar-refractivity contribution in [1.82, 2.24) is 9.88 Å². The normalized spacial score (nSPS) is 10.3. The van der Waals surface area contributed by atoms with Crippen LogP contribution in [0.5, 0.6) is 0 Å². The largest absolute Gasteiger partial charge is 0.370 e. The van der Waals surface area contributed by atoms with E-state index in [4.69, 9.17) is 11.1 Å². The molecule has 0 aliphatic carbocycles. The molecule has 0 aliphatic rings. The first-order valence-corrected chi connectivity index (χ1v) is 4.79. The highest BCUT2D eigenvalue weighted by atomic mass is 16.2. The number of hydrogen-bond acceptors (Lipinski definition) is 2. The Morgan fingerprint density at radius 2 is 2.19 bits per heavy atom. The lowest BCUT2D eigenvalue weighted by Gasteiger charge is -2.14. The average molecular weight is 216 g/mol. The fraction of sp³-hybridized carbons (Fsp3) is 0.0909. The highest BCUT2D eigenvalue weighted by Crippen LogP contribution is 2.15. The number of benzene rings is 1. The van der Waals surface area contributed by atoms with Crippen LogP contribution in [0.2, 0.25) is 0 Å². The minimum atomic E-state index is -0.282. The van der Waals surface area contributed by atoms with Gasteiger partial charge in [0.25, 0.3) is 5.91 Å². The Kier molecular flexibility index (Phi) is 2.36. The number of aromatic amines is 1. The summed E-state index contributed by atoms with van der Waals surface area (Å²) in [6, 6.07) is 7.20. The van der Waals surface area contributed by atoms with Crippen molar-refractivity contribution in [3.63, 3.8) is 0 Å². The van der Waals surface area contributed by atoms with Gasteiger partial charge in [0.15, 0.2) is 5.96 Å². The molecule has 0 spiro atoms. The van der Waals surface area contributed by atoms with E-state index in [0.29, 0.717) is 5.56 Å². The van der Waals surface area contributed by atoms with Crippen LogP contribution in [0.3, 0.4) is 0 Å². The van der Waals surface area contributed by atoms with Crippen LogP contribution in [-0.2, 0) is 0 Å². The Balaban J connectivity index is 2.39. The van der Waals surface area contributed by atoms with Crippen LogP contribution in [0.15, 0.2) is 30.5 Å². The molecule has 0 aliphatic heterocycles. The standard InChI is InChI=1S/C11H12N4O/c1-15(11(12)13)10(16)8-2-3-9-7(6-8)4-5-14-9/h2-6,14H,1H3,(H3,12,13). The van der Waals surface area contributed by atoms with E-state index >= 15 is 0 Å². The van der Waals surface area contributed by atoms with Crippen molar-refractivity contribution < 1.29 is 4.79 Å². The maximum Gasteiger partial charge on any atom is 0.260 e. The number of carbonyl (C=O) groups is 1. The predicted octanol–water partition coefficient (Wildman–Crippen LogP) is 1.13. The molecule has 2 rings (SSSR count).